The van der Waals surface area contributed by atoms with Crippen molar-refractivity contribution in [3.05, 3.63) is 41.7 Å². The summed E-state index contributed by atoms with van der Waals surface area (Å²) in [6.45, 7) is 0. The molecular formula is C15H11F3N4O2. The first kappa shape index (κ1) is 15.9. The first-order valence-electron chi connectivity index (χ1n) is 6.84. The van der Waals surface area contributed by atoms with Gasteiger partial charge in [0.2, 0.25) is 0 Å². The molecule has 0 unspecified atom stereocenters. The van der Waals surface area contributed by atoms with Crippen LogP contribution in [0.5, 0.6) is 0 Å². The molecule has 6 nitrogen and oxygen atoms in total. The van der Waals surface area contributed by atoms with Gasteiger partial charge in [-0.25, -0.2) is 9.67 Å². The highest BCUT2D eigenvalue weighted by Crippen LogP contribution is 2.32. The van der Waals surface area contributed by atoms with Gasteiger partial charge in [0.05, 0.1) is 17.6 Å². The van der Waals surface area contributed by atoms with Crippen molar-refractivity contribution < 1.29 is 23.1 Å². The molecule has 0 saturated carbocycles. The van der Waals surface area contributed by atoms with Crippen LogP contribution in [0.4, 0.5) is 13.2 Å². The van der Waals surface area contributed by atoms with Gasteiger partial charge in [0.25, 0.3) is 0 Å². The SMILES string of the molecule is Cn1nnc2ccc(-c3cc(CC(=O)O)nc(C(F)(F)F)c3)cc21. The molecule has 9 heteroatoms. The number of hydrogen-bond donors (Lipinski definition) is 1. The molecule has 0 atom stereocenters. The number of carboxylic acids is 1. The summed E-state index contributed by atoms with van der Waals surface area (Å²) >= 11 is 0. The molecule has 1 N–H and O–H groups in total. The highest BCUT2D eigenvalue weighted by atomic mass is 19.4. The largest absolute Gasteiger partial charge is 0.481 e. The number of aryl methyl sites for hydroxylation is 1. The number of aromatic nitrogens is 4. The van der Waals surface area contributed by atoms with Crippen molar-refractivity contribution in [3.8, 4) is 11.1 Å². The first-order chi connectivity index (χ1) is 11.2. The standard InChI is InChI=1S/C15H11F3N4O2/c1-22-12-5-8(2-3-11(12)20-21-22)9-4-10(7-14(23)24)19-13(6-9)15(16,17)18/h2-6H,7H2,1H3,(H,23,24). The van der Waals surface area contributed by atoms with Gasteiger partial charge in [0.1, 0.15) is 11.2 Å². The lowest BCUT2D eigenvalue weighted by Crippen LogP contribution is -2.12. The number of carbonyl (C=O) groups is 1. The maximum absolute atomic E-state index is 13.0. The average molecular weight is 336 g/mol. The van der Waals surface area contributed by atoms with E-state index in [0.717, 1.165) is 6.07 Å². The number of hydrogen-bond acceptors (Lipinski definition) is 4. The van der Waals surface area contributed by atoms with E-state index in [-0.39, 0.29) is 11.3 Å². The quantitative estimate of drug-likeness (QED) is 0.795. The second kappa shape index (κ2) is 5.59. The Kier molecular flexibility index (Phi) is 3.70. The maximum atomic E-state index is 13.0. The molecule has 2 aromatic heterocycles. The molecule has 3 aromatic rings. The van der Waals surface area contributed by atoms with Gasteiger partial charge in [0, 0.05) is 7.05 Å². The van der Waals surface area contributed by atoms with Crippen molar-refractivity contribution in [2.45, 2.75) is 12.6 Å². The summed E-state index contributed by atoms with van der Waals surface area (Å²) in [5.74, 6) is -1.25. The van der Waals surface area contributed by atoms with Gasteiger partial charge in [-0.05, 0) is 35.4 Å². The lowest BCUT2D eigenvalue weighted by atomic mass is 10.0. The van der Waals surface area contributed by atoms with Crippen LogP contribution in [0.15, 0.2) is 30.3 Å². The van der Waals surface area contributed by atoms with Crippen LogP contribution < -0.4 is 0 Å². The first-order valence-corrected chi connectivity index (χ1v) is 6.84. The van der Waals surface area contributed by atoms with E-state index in [2.05, 4.69) is 15.3 Å². The number of benzene rings is 1. The van der Waals surface area contributed by atoms with Crippen LogP contribution in [0.25, 0.3) is 22.2 Å². The Morgan fingerprint density at radius 2 is 1.96 bits per heavy atom. The highest BCUT2D eigenvalue weighted by Gasteiger charge is 2.33. The van der Waals surface area contributed by atoms with Crippen LogP contribution in [0.2, 0.25) is 0 Å². The minimum atomic E-state index is -4.67. The van der Waals surface area contributed by atoms with Crippen molar-refractivity contribution in [2.24, 2.45) is 7.05 Å². The van der Waals surface area contributed by atoms with E-state index in [1.54, 1.807) is 25.2 Å². The van der Waals surface area contributed by atoms with E-state index in [0.29, 0.717) is 16.6 Å². The minimum Gasteiger partial charge on any atom is -0.481 e. The minimum absolute atomic E-state index is 0.157. The van der Waals surface area contributed by atoms with Crippen molar-refractivity contribution in [1.82, 2.24) is 20.0 Å². The molecule has 0 bridgehead atoms. The fourth-order valence-electron chi connectivity index (χ4n) is 2.36. The van der Waals surface area contributed by atoms with Crippen LogP contribution in [0.1, 0.15) is 11.4 Å². The predicted octanol–water partition coefficient (Wildman–Crippen LogP) is 2.68. The molecule has 0 aliphatic rings. The lowest BCUT2D eigenvalue weighted by molar-refractivity contribution is -0.142. The van der Waals surface area contributed by atoms with Crippen molar-refractivity contribution in [3.63, 3.8) is 0 Å². The normalized spacial score (nSPS) is 11.8. The molecule has 1 aromatic carbocycles. The zero-order valence-electron chi connectivity index (χ0n) is 12.4. The summed E-state index contributed by atoms with van der Waals surface area (Å²) in [6, 6.07) is 7.14. The molecule has 0 spiro atoms. The summed E-state index contributed by atoms with van der Waals surface area (Å²) in [7, 11) is 1.67. The molecule has 0 amide bonds. The van der Waals surface area contributed by atoms with Crippen molar-refractivity contribution in [1.29, 1.82) is 0 Å². The molecule has 24 heavy (non-hydrogen) atoms. The van der Waals surface area contributed by atoms with Crippen molar-refractivity contribution >= 4 is 17.0 Å². The van der Waals surface area contributed by atoms with E-state index < -0.39 is 24.3 Å². The van der Waals surface area contributed by atoms with E-state index in [1.165, 1.54) is 10.7 Å². The van der Waals surface area contributed by atoms with E-state index >= 15 is 0 Å². The van der Waals surface area contributed by atoms with Gasteiger partial charge in [-0.1, -0.05) is 11.3 Å². The maximum Gasteiger partial charge on any atom is 0.433 e. The number of rotatable bonds is 3. The second-order valence-corrected chi connectivity index (χ2v) is 5.22. The van der Waals surface area contributed by atoms with E-state index in [4.69, 9.17) is 5.11 Å². The third-order valence-corrected chi connectivity index (χ3v) is 3.45. The molecule has 0 aliphatic carbocycles. The zero-order valence-corrected chi connectivity index (χ0v) is 12.4. The number of nitrogens with zero attached hydrogens (tertiary/aromatic N) is 4. The molecule has 124 valence electrons. The van der Waals surface area contributed by atoms with Crippen LogP contribution in [-0.2, 0) is 24.4 Å². The van der Waals surface area contributed by atoms with Gasteiger partial charge in [-0.15, -0.1) is 5.10 Å². The predicted molar refractivity (Wildman–Crippen MR) is 78.1 cm³/mol. The Morgan fingerprint density at radius 3 is 2.62 bits per heavy atom. The summed E-state index contributed by atoms with van der Waals surface area (Å²) in [5, 5.41) is 16.6. The van der Waals surface area contributed by atoms with Gasteiger partial charge in [-0.3, -0.25) is 4.79 Å². The summed E-state index contributed by atoms with van der Waals surface area (Å²) < 4.78 is 40.6. The summed E-state index contributed by atoms with van der Waals surface area (Å²) in [6.07, 6.45) is -5.26. The number of aliphatic carboxylic acids is 1. The van der Waals surface area contributed by atoms with Crippen LogP contribution in [0, 0.1) is 0 Å². The summed E-state index contributed by atoms with van der Waals surface area (Å²) in [4.78, 5) is 14.2. The third-order valence-electron chi connectivity index (χ3n) is 3.45. The number of halogens is 3. The van der Waals surface area contributed by atoms with Gasteiger partial charge in [-0.2, -0.15) is 13.2 Å². The molecule has 2 heterocycles. The van der Waals surface area contributed by atoms with E-state index in [1.807, 2.05) is 0 Å². The molecule has 0 aliphatic heterocycles. The highest BCUT2D eigenvalue weighted by molar-refractivity contribution is 5.81. The van der Waals surface area contributed by atoms with Gasteiger partial charge < -0.3 is 5.11 Å². The number of fused-ring (bicyclic) bond motifs is 1. The molecule has 3 rings (SSSR count). The Hall–Kier alpha value is -2.97. The number of pyridine rings is 1. The second-order valence-electron chi connectivity index (χ2n) is 5.22. The topological polar surface area (TPSA) is 80.9 Å². The summed E-state index contributed by atoms with van der Waals surface area (Å²) in [5.41, 5.74) is 0.703. The lowest BCUT2D eigenvalue weighted by Gasteiger charge is -2.11. The molecular weight excluding hydrogens is 325 g/mol. The number of carboxylic acid groups (broad SMARTS) is 1. The Balaban J connectivity index is 2.16. The van der Waals surface area contributed by atoms with E-state index in [9.17, 15) is 18.0 Å². The number of alkyl halides is 3. The van der Waals surface area contributed by atoms with Crippen LogP contribution in [-0.4, -0.2) is 31.1 Å². The third kappa shape index (κ3) is 3.05. The fourth-order valence-corrected chi connectivity index (χ4v) is 2.36. The van der Waals surface area contributed by atoms with Crippen LogP contribution in [0.3, 0.4) is 0 Å². The molecule has 0 radical (unpaired) electrons. The monoisotopic (exact) mass is 336 g/mol. The zero-order chi connectivity index (χ0) is 17.5. The smallest absolute Gasteiger partial charge is 0.433 e. The van der Waals surface area contributed by atoms with Crippen molar-refractivity contribution in [2.75, 3.05) is 0 Å². The molecule has 0 saturated heterocycles. The average Bonchev–Trinajstić information content (AvgIpc) is 2.86. The Morgan fingerprint density at radius 1 is 1.21 bits per heavy atom. The Labute approximate surface area is 133 Å². The van der Waals surface area contributed by atoms with Gasteiger partial charge >= 0.3 is 12.1 Å². The van der Waals surface area contributed by atoms with Gasteiger partial charge in [0.15, 0.2) is 0 Å². The molecule has 0 fully saturated rings. The fraction of sp³-hybridized carbons (Fsp3) is 0.200. The van der Waals surface area contributed by atoms with Crippen LogP contribution >= 0.6 is 0 Å². The Bertz CT molecular complexity index is 934.